The van der Waals surface area contributed by atoms with Crippen LogP contribution in [0.25, 0.3) is 22.0 Å². The summed E-state index contributed by atoms with van der Waals surface area (Å²) in [6, 6.07) is 17.2. The third-order valence-electron chi connectivity index (χ3n) is 4.61. The molecule has 2 aromatic heterocycles. The summed E-state index contributed by atoms with van der Waals surface area (Å²) in [6.07, 6.45) is 5.12. The van der Waals surface area contributed by atoms with Gasteiger partial charge in [-0.25, -0.2) is 13.1 Å². The van der Waals surface area contributed by atoms with Gasteiger partial charge in [0.2, 0.25) is 10.0 Å². The number of H-pyrrole nitrogens is 1. The molecule has 0 saturated carbocycles. The summed E-state index contributed by atoms with van der Waals surface area (Å²) in [7, 11) is -3.59. The van der Waals surface area contributed by atoms with Gasteiger partial charge in [0.15, 0.2) is 0 Å². The molecule has 0 aliphatic rings. The molecule has 3 N–H and O–H groups in total. The Morgan fingerprint density at radius 1 is 0.897 bits per heavy atom. The van der Waals surface area contributed by atoms with E-state index in [1.165, 1.54) is 6.20 Å². The van der Waals surface area contributed by atoms with E-state index in [1.54, 1.807) is 24.4 Å². The highest BCUT2D eigenvalue weighted by molar-refractivity contribution is 7.89. The summed E-state index contributed by atoms with van der Waals surface area (Å²) in [6.45, 7) is 1.47. The van der Waals surface area contributed by atoms with Crippen LogP contribution in [0, 0.1) is 0 Å². The largest absolute Gasteiger partial charge is 0.311 e. The minimum atomic E-state index is -3.59. The zero-order valence-corrected chi connectivity index (χ0v) is 16.5. The van der Waals surface area contributed by atoms with Crippen molar-refractivity contribution in [2.24, 2.45) is 0 Å². The second kappa shape index (κ2) is 8.52. The molecule has 0 saturated heterocycles. The van der Waals surface area contributed by atoms with Crippen LogP contribution in [0.1, 0.15) is 5.56 Å². The van der Waals surface area contributed by atoms with Crippen LogP contribution in [0.4, 0.5) is 0 Å². The highest BCUT2D eigenvalue weighted by atomic mass is 32.2. The third-order valence-corrected chi connectivity index (χ3v) is 6.13. The van der Waals surface area contributed by atoms with E-state index in [4.69, 9.17) is 0 Å². The van der Waals surface area contributed by atoms with Gasteiger partial charge in [-0.15, -0.1) is 0 Å². The summed E-state index contributed by atoms with van der Waals surface area (Å²) in [5.41, 5.74) is 4.02. The summed E-state index contributed by atoms with van der Waals surface area (Å²) < 4.78 is 27.8. The molecule has 4 aromatic rings. The van der Waals surface area contributed by atoms with Crippen molar-refractivity contribution in [3.05, 3.63) is 78.8 Å². The molecule has 8 heteroatoms. The fraction of sp³-hybridized carbons (Fsp3) is 0.143. The van der Waals surface area contributed by atoms with Crippen LogP contribution in [0.15, 0.2) is 78.1 Å². The molecule has 0 unspecified atom stereocenters. The Labute approximate surface area is 169 Å². The van der Waals surface area contributed by atoms with E-state index < -0.39 is 10.0 Å². The van der Waals surface area contributed by atoms with E-state index in [2.05, 4.69) is 49.5 Å². The fourth-order valence-electron chi connectivity index (χ4n) is 3.11. The number of aromatic amines is 1. The van der Waals surface area contributed by atoms with Gasteiger partial charge in [-0.05, 0) is 34.9 Å². The van der Waals surface area contributed by atoms with Crippen molar-refractivity contribution >= 4 is 20.9 Å². The minimum absolute atomic E-state index is 0.231. The Morgan fingerprint density at radius 2 is 1.76 bits per heavy atom. The van der Waals surface area contributed by atoms with Crippen LogP contribution in [0.2, 0.25) is 0 Å². The highest BCUT2D eigenvalue weighted by Gasteiger charge is 2.17. The second-order valence-corrected chi connectivity index (χ2v) is 8.34. The van der Waals surface area contributed by atoms with Crippen LogP contribution in [0.5, 0.6) is 0 Å². The topological polar surface area (TPSA) is 99.8 Å². The standard InChI is InChI=1S/C21H21N5O2S/c27-29(28,21-5-1-4-20-19(21)15-24-26-20)25-12-11-23-13-16-6-8-17(9-7-16)18-3-2-10-22-14-18/h1-10,14-15,23,25H,11-13H2,(H,24,26). The van der Waals surface area contributed by atoms with Crippen LogP contribution in [-0.2, 0) is 16.6 Å². The summed E-state index contributed by atoms with van der Waals surface area (Å²) in [5.74, 6) is 0. The van der Waals surface area contributed by atoms with Crippen LogP contribution in [0.3, 0.4) is 0 Å². The van der Waals surface area contributed by atoms with E-state index in [9.17, 15) is 8.42 Å². The molecule has 2 aromatic carbocycles. The minimum Gasteiger partial charge on any atom is -0.311 e. The van der Waals surface area contributed by atoms with Crippen molar-refractivity contribution in [1.29, 1.82) is 0 Å². The van der Waals surface area contributed by atoms with Crippen molar-refractivity contribution in [2.75, 3.05) is 13.1 Å². The number of nitrogens with zero attached hydrogens (tertiary/aromatic N) is 2. The number of fused-ring (bicyclic) bond motifs is 1. The maximum Gasteiger partial charge on any atom is 0.241 e. The molecule has 0 aliphatic heterocycles. The lowest BCUT2D eigenvalue weighted by atomic mass is 10.1. The number of sulfonamides is 1. The number of hydrogen-bond acceptors (Lipinski definition) is 5. The first-order chi connectivity index (χ1) is 14.1. The smallest absolute Gasteiger partial charge is 0.241 e. The van der Waals surface area contributed by atoms with Gasteiger partial charge in [-0.1, -0.05) is 36.4 Å². The van der Waals surface area contributed by atoms with E-state index in [0.717, 1.165) is 16.7 Å². The predicted molar refractivity (Wildman–Crippen MR) is 113 cm³/mol. The van der Waals surface area contributed by atoms with E-state index >= 15 is 0 Å². The number of rotatable bonds is 8. The van der Waals surface area contributed by atoms with Gasteiger partial charge in [-0.2, -0.15) is 5.10 Å². The molecular weight excluding hydrogens is 386 g/mol. The highest BCUT2D eigenvalue weighted by Crippen LogP contribution is 2.20. The Bertz CT molecular complexity index is 1190. The number of benzene rings is 2. The first kappa shape index (κ1) is 19.3. The first-order valence-corrected chi connectivity index (χ1v) is 10.7. The maximum absolute atomic E-state index is 12.6. The molecule has 0 atom stereocenters. The molecule has 0 aliphatic carbocycles. The lowest BCUT2D eigenvalue weighted by Crippen LogP contribution is -2.31. The molecule has 0 radical (unpaired) electrons. The Hall–Kier alpha value is -3.07. The Morgan fingerprint density at radius 3 is 2.55 bits per heavy atom. The first-order valence-electron chi connectivity index (χ1n) is 9.25. The summed E-state index contributed by atoms with van der Waals surface area (Å²) in [5, 5.41) is 10.5. The molecule has 0 amide bonds. The SMILES string of the molecule is O=S(=O)(NCCNCc1ccc(-c2cccnc2)cc1)c1cccc2[nH]ncc12. The van der Waals surface area contributed by atoms with Crippen molar-refractivity contribution in [3.63, 3.8) is 0 Å². The van der Waals surface area contributed by atoms with Gasteiger partial charge >= 0.3 is 0 Å². The van der Waals surface area contributed by atoms with Crippen LogP contribution < -0.4 is 10.0 Å². The molecule has 4 rings (SSSR count). The average molecular weight is 407 g/mol. The molecule has 29 heavy (non-hydrogen) atoms. The lowest BCUT2D eigenvalue weighted by Gasteiger charge is -2.09. The Kier molecular flexibility index (Phi) is 5.66. The Balaban J connectivity index is 1.28. The van der Waals surface area contributed by atoms with Crippen molar-refractivity contribution in [2.45, 2.75) is 11.4 Å². The lowest BCUT2D eigenvalue weighted by molar-refractivity contribution is 0.577. The number of nitrogens with one attached hydrogen (secondary N) is 3. The quantitative estimate of drug-likeness (QED) is 0.390. The zero-order valence-electron chi connectivity index (χ0n) is 15.7. The monoisotopic (exact) mass is 407 g/mol. The fourth-order valence-corrected chi connectivity index (χ4v) is 4.34. The molecule has 2 heterocycles. The molecule has 0 fully saturated rings. The van der Waals surface area contributed by atoms with Crippen molar-refractivity contribution in [1.82, 2.24) is 25.2 Å². The zero-order chi connectivity index (χ0) is 20.1. The predicted octanol–water partition coefficient (Wildman–Crippen LogP) is 2.69. The van der Waals surface area contributed by atoms with Gasteiger partial charge in [0.1, 0.15) is 0 Å². The average Bonchev–Trinajstić information content (AvgIpc) is 3.23. The van der Waals surface area contributed by atoms with Gasteiger partial charge in [0.05, 0.1) is 16.6 Å². The summed E-state index contributed by atoms with van der Waals surface area (Å²) in [4.78, 5) is 4.37. The number of pyridine rings is 1. The van der Waals surface area contributed by atoms with E-state index in [1.807, 2.05) is 18.3 Å². The van der Waals surface area contributed by atoms with Crippen LogP contribution in [-0.4, -0.2) is 36.7 Å². The number of aromatic nitrogens is 3. The number of hydrogen-bond donors (Lipinski definition) is 3. The van der Waals surface area contributed by atoms with Gasteiger partial charge < -0.3 is 5.32 Å². The van der Waals surface area contributed by atoms with Gasteiger partial charge in [-0.3, -0.25) is 10.1 Å². The van der Waals surface area contributed by atoms with E-state index in [0.29, 0.717) is 30.5 Å². The van der Waals surface area contributed by atoms with Crippen LogP contribution >= 0.6 is 0 Å². The summed E-state index contributed by atoms with van der Waals surface area (Å²) >= 11 is 0. The molecule has 0 bridgehead atoms. The van der Waals surface area contributed by atoms with Gasteiger partial charge in [0.25, 0.3) is 0 Å². The van der Waals surface area contributed by atoms with Crippen molar-refractivity contribution < 1.29 is 8.42 Å². The normalized spacial score (nSPS) is 11.7. The third kappa shape index (κ3) is 4.51. The van der Waals surface area contributed by atoms with Gasteiger partial charge in [0, 0.05) is 37.4 Å². The molecule has 148 valence electrons. The molecular formula is C21H21N5O2S. The van der Waals surface area contributed by atoms with E-state index in [-0.39, 0.29) is 4.90 Å². The van der Waals surface area contributed by atoms with Crippen molar-refractivity contribution in [3.8, 4) is 11.1 Å². The maximum atomic E-state index is 12.6. The molecule has 0 spiro atoms. The molecule has 7 nitrogen and oxygen atoms in total. The second-order valence-electron chi connectivity index (χ2n) is 6.60.